The largest absolute Gasteiger partial charge is 0.489 e. The van der Waals surface area contributed by atoms with E-state index >= 15 is 0 Å². The summed E-state index contributed by atoms with van der Waals surface area (Å²) >= 11 is 6.75. The molecule has 1 heterocycles. The summed E-state index contributed by atoms with van der Waals surface area (Å²) < 4.78 is 7.16. The Morgan fingerprint density at radius 2 is 2.14 bits per heavy atom. The van der Waals surface area contributed by atoms with Crippen LogP contribution in [0.1, 0.15) is 11.6 Å². The minimum Gasteiger partial charge on any atom is -0.489 e. The summed E-state index contributed by atoms with van der Waals surface area (Å²) in [5.74, 6) is 0.728. The zero-order chi connectivity index (χ0) is 10.3. The van der Waals surface area contributed by atoms with Crippen molar-refractivity contribution in [1.82, 2.24) is 0 Å². The lowest BCUT2D eigenvalue weighted by molar-refractivity contribution is 0.0673. The van der Waals surface area contributed by atoms with Crippen LogP contribution in [0, 0.1) is 0 Å². The molecule has 0 bridgehead atoms. The first kappa shape index (κ1) is 10.4. The highest BCUT2D eigenvalue weighted by Crippen LogP contribution is 2.39. The summed E-state index contributed by atoms with van der Waals surface area (Å²) in [6.45, 7) is 0.244. The van der Waals surface area contributed by atoms with Crippen LogP contribution in [0.15, 0.2) is 21.1 Å². The van der Waals surface area contributed by atoms with Crippen molar-refractivity contribution in [2.75, 3.05) is 6.61 Å². The molecular weight excluding hydrogens is 314 g/mol. The highest BCUT2D eigenvalue weighted by atomic mass is 79.9. The normalized spacial score (nSPS) is 25.4. The maximum Gasteiger partial charge on any atom is 0.138 e. The van der Waals surface area contributed by atoms with Crippen molar-refractivity contribution in [3.05, 3.63) is 26.6 Å². The first-order valence-corrected chi connectivity index (χ1v) is 5.73. The predicted octanol–water partition coefficient (Wildman–Crippen LogP) is 1.96. The van der Waals surface area contributed by atoms with E-state index in [1.807, 2.05) is 12.1 Å². The summed E-state index contributed by atoms with van der Waals surface area (Å²) in [6.07, 6.45) is -0.635. The van der Waals surface area contributed by atoms with Gasteiger partial charge in [-0.05, 0) is 28.1 Å². The third-order valence-electron chi connectivity index (χ3n) is 2.21. The van der Waals surface area contributed by atoms with Gasteiger partial charge < -0.3 is 15.6 Å². The molecule has 1 aliphatic rings. The second kappa shape index (κ2) is 3.81. The lowest BCUT2D eigenvalue weighted by Gasteiger charge is -2.28. The molecule has 1 aliphatic heterocycles. The Balaban J connectivity index is 2.54. The van der Waals surface area contributed by atoms with Crippen molar-refractivity contribution in [3.8, 4) is 5.75 Å². The highest BCUT2D eigenvalue weighted by molar-refractivity contribution is 9.11. The maximum absolute atomic E-state index is 9.53. The average Bonchev–Trinajstić information content (AvgIpc) is 2.12. The molecule has 5 heteroatoms. The lowest BCUT2D eigenvalue weighted by atomic mass is 9.99. The Kier molecular flexibility index (Phi) is 2.83. The average molecular weight is 323 g/mol. The van der Waals surface area contributed by atoms with Gasteiger partial charge in [0, 0.05) is 10.0 Å². The molecule has 1 aromatic rings. The molecule has 0 spiro atoms. The van der Waals surface area contributed by atoms with Crippen LogP contribution in [-0.2, 0) is 0 Å². The molecule has 0 saturated heterocycles. The van der Waals surface area contributed by atoms with Crippen LogP contribution in [0.25, 0.3) is 0 Å². The van der Waals surface area contributed by atoms with Gasteiger partial charge in [0.1, 0.15) is 18.5 Å². The number of ether oxygens (including phenoxy) is 1. The predicted molar refractivity (Wildman–Crippen MR) is 60.3 cm³/mol. The Bertz CT molecular complexity index is 370. The molecule has 1 aromatic carbocycles. The fourth-order valence-electron chi connectivity index (χ4n) is 1.46. The number of aliphatic hydroxyl groups is 1. The van der Waals surface area contributed by atoms with E-state index in [1.165, 1.54) is 0 Å². The molecule has 3 nitrogen and oxygen atoms in total. The Morgan fingerprint density at radius 1 is 1.43 bits per heavy atom. The molecular formula is C9H9Br2NO2. The third-order valence-corrected chi connectivity index (χ3v) is 3.26. The number of fused-ring (bicyclic) bond motifs is 1. The fraction of sp³-hybridized carbons (Fsp3) is 0.333. The molecule has 3 N–H and O–H groups in total. The topological polar surface area (TPSA) is 55.5 Å². The number of halogens is 2. The minimum absolute atomic E-state index is 0.244. The molecule has 0 radical (unpaired) electrons. The van der Waals surface area contributed by atoms with Crippen LogP contribution in [-0.4, -0.2) is 17.8 Å². The van der Waals surface area contributed by atoms with E-state index in [1.54, 1.807) is 0 Å². The Morgan fingerprint density at radius 3 is 2.86 bits per heavy atom. The smallest absolute Gasteiger partial charge is 0.138 e. The molecule has 2 rings (SSSR count). The maximum atomic E-state index is 9.53. The fourth-order valence-corrected chi connectivity index (χ4v) is 2.83. The highest BCUT2D eigenvalue weighted by Gasteiger charge is 2.28. The van der Waals surface area contributed by atoms with Gasteiger partial charge in [0.2, 0.25) is 0 Å². The lowest BCUT2D eigenvalue weighted by Crippen LogP contribution is -2.35. The monoisotopic (exact) mass is 321 g/mol. The summed E-state index contributed by atoms with van der Waals surface area (Å²) in [5, 5.41) is 9.53. The third kappa shape index (κ3) is 1.69. The van der Waals surface area contributed by atoms with Crippen LogP contribution in [0.2, 0.25) is 0 Å². The van der Waals surface area contributed by atoms with Gasteiger partial charge in [-0.15, -0.1) is 0 Å². The minimum atomic E-state index is -0.635. The van der Waals surface area contributed by atoms with Crippen molar-refractivity contribution in [3.63, 3.8) is 0 Å². The van der Waals surface area contributed by atoms with Gasteiger partial charge in [0.25, 0.3) is 0 Å². The van der Waals surface area contributed by atoms with Gasteiger partial charge >= 0.3 is 0 Å². The number of benzene rings is 1. The molecule has 0 unspecified atom stereocenters. The number of rotatable bonds is 0. The van der Waals surface area contributed by atoms with Gasteiger partial charge in [-0.2, -0.15) is 0 Å². The van der Waals surface area contributed by atoms with Crippen molar-refractivity contribution in [2.45, 2.75) is 12.1 Å². The molecule has 14 heavy (non-hydrogen) atoms. The van der Waals surface area contributed by atoms with Gasteiger partial charge in [-0.3, -0.25) is 0 Å². The van der Waals surface area contributed by atoms with Crippen LogP contribution in [0.3, 0.4) is 0 Å². The summed E-state index contributed by atoms with van der Waals surface area (Å²) in [7, 11) is 0. The first-order valence-electron chi connectivity index (χ1n) is 4.15. The molecule has 76 valence electrons. The van der Waals surface area contributed by atoms with Gasteiger partial charge in [-0.1, -0.05) is 15.9 Å². The SMILES string of the molecule is N[C@@H]1c2cc(Br)cc(Br)c2OC[C@@H]1O. The summed E-state index contributed by atoms with van der Waals surface area (Å²) in [6, 6.07) is 3.38. The van der Waals surface area contributed by atoms with E-state index in [0.717, 1.165) is 20.3 Å². The number of aliphatic hydroxyl groups excluding tert-OH is 1. The summed E-state index contributed by atoms with van der Waals surface area (Å²) in [4.78, 5) is 0. The second-order valence-electron chi connectivity index (χ2n) is 3.21. The van der Waals surface area contributed by atoms with Crippen molar-refractivity contribution in [1.29, 1.82) is 0 Å². The number of hydrogen-bond acceptors (Lipinski definition) is 3. The van der Waals surface area contributed by atoms with Crippen LogP contribution < -0.4 is 10.5 Å². The molecule has 0 aromatic heterocycles. The van der Waals surface area contributed by atoms with E-state index in [9.17, 15) is 5.11 Å². The summed E-state index contributed by atoms with van der Waals surface area (Å²) in [5.41, 5.74) is 6.68. The van der Waals surface area contributed by atoms with Crippen LogP contribution >= 0.6 is 31.9 Å². The van der Waals surface area contributed by atoms with E-state index in [4.69, 9.17) is 10.5 Å². The van der Waals surface area contributed by atoms with Gasteiger partial charge in [0.05, 0.1) is 10.5 Å². The van der Waals surface area contributed by atoms with E-state index in [-0.39, 0.29) is 12.6 Å². The Hall–Kier alpha value is -0.100. The number of nitrogens with two attached hydrogens (primary N) is 1. The standard InChI is InChI=1S/C9H9Br2NO2/c10-4-1-5-8(12)7(13)3-14-9(5)6(11)2-4/h1-2,7-8,13H,3,12H2/t7-,8+/m0/s1. The van der Waals surface area contributed by atoms with E-state index < -0.39 is 6.10 Å². The van der Waals surface area contributed by atoms with Crippen LogP contribution in [0.5, 0.6) is 5.75 Å². The van der Waals surface area contributed by atoms with Crippen molar-refractivity contribution in [2.24, 2.45) is 5.73 Å². The molecule has 0 aliphatic carbocycles. The van der Waals surface area contributed by atoms with Crippen molar-refractivity contribution >= 4 is 31.9 Å². The zero-order valence-corrected chi connectivity index (χ0v) is 10.4. The Labute approximate surface area is 98.5 Å². The zero-order valence-electron chi connectivity index (χ0n) is 7.21. The number of hydrogen-bond donors (Lipinski definition) is 2. The van der Waals surface area contributed by atoms with E-state index in [2.05, 4.69) is 31.9 Å². The van der Waals surface area contributed by atoms with Gasteiger partial charge in [0.15, 0.2) is 0 Å². The molecule has 2 atom stereocenters. The quantitative estimate of drug-likeness (QED) is 0.767. The van der Waals surface area contributed by atoms with E-state index in [0.29, 0.717) is 0 Å². The second-order valence-corrected chi connectivity index (χ2v) is 4.98. The van der Waals surface area contributed by atoms with Crippen LogP contribution in [0.4, 0.5) is 0 Å². The molecule has 0 saturated carbocycles. The molecule has 0 amide bonds. The van der Waals surface area contributed by atoms with Crippen molar-refractivity contribution < 1.29 is 9.84 Å². The first-order chi connectivity index (χ1) is 6.59. The van der Waals surface area contributed by atoms with Gasteiger partial charge in [-0.25, -0.2) is 0 Å². The molecule has 0 fully saturated rings.